The van der Waals surface area contributed by atoms with Gasteiger partial charge in [-0.15, -0.1) is 0 Å². The smallest absolute Gasteiger partial charge is 0.0336 e. The van der Waals surface area contributed by atoms with Crippen LogP contribution >= 0.6 is 45.7 Å². The van der Waals surface area contributed by atoms with Gasteiger partial charge in [0, 0.05) is 64.4 Å². The van der Waals surface area contributed by atoms with Gasteiger partial charge in [-0.2, -0.15) is 3.64 Å². The highest BCUT2D eigenvalue weighted by Gasteiger charge is 2.29. The van der Waals surface area contributed by atoms with Crippen LogP contribution in [0.15, 0.2) is 0 Å². The van der Waals surface area contributed by atoms with Crippen LogP contribution < -0.4 is 7.17 Å². The maximum atomic E-state index is 3.41. The van der Waals surface area contributed by atoms with E-state index in [1.165, 1.54) is 12.8 Å². The van der Waals surface area contributed by atoms with Gasteiger partial charge in [-0.05, 0) is 25.7 Å². The molecule has 3 nitrogen and oxygen atoms in total. The van der Waals surface area contributed by atoms with E-state index in [0.29, 0.717) is 5.54 Å². The number of nitrogens with zero attached hydrogens (tertiary/aromatic N) is 1. The zero-order valence-corrected chi connectivity index (χ0v) is 12.4. The van der Waals surface area contributed by atoms with E-state index in [2.05, 4.69) is 71.8 Å². The highest BCUT2D eigenvalue weighted by atomic mass is 127. The lowest BCUT2D eigenvalue weighted by Gasteiger charge is -2.27. The second kappa shape index (κ2) is 5.43. The number of hydrazine groups is 1. The number of hydrogen-bond donors (Lipinski definition) is 2. The topological polar surface area (TPSA) is 27.3 Å². The molecule has 1 fully saturated rings. The van der Waals surface area contributed by atoms with Crippen molar-refractivity contribution in [3.63, 3.8) is 0 Å². The van der Waals surface area contributed by atoms with Crippen molar-refractivity contribution in [3.05, 3.63) is 0 Å². The Labute approximate surface area is 108 Å². The molecule has 5 heteroatoms. The molecule has 0 aromatic carbocycles. The average Bonchev–Trinajstić information content (AvgIpc) is 2.25. The fourth-order valence-electron chi connectivity index (χ4n) is 1.95. The quantitative estimate of drug-likeness (QED) is 0.542. The first-order valence-corrected chi connectivity index (χ1v) is 6.74. The van der Waals surface area contributed by atoms with Gasteiger partial charge in [-0.1, -0.05) is 6.92 Å². The lowest BCUT2D eigenvalue weighted by Crippen LogP contribution is -2.38. The SMILES string of the molecule is CC1CN(NI)CCC(C)(NI)C1. The van der Waals surface area contributed by atoms with Crippen molar-refractivity contribution in [3.8, 4) is 0 Å². The van der Waals surface area contributed by atoms with E-state index in [9.17, 15) is 0 Å². The molecule has 0 radical (unpaired) electrons. The van der Waals surface area contributed by atoms with Gasteiger partial charge in [0.25, 0.3) is 0 Å². The fraction of sp³-hybridized carbons (Fsp3) is 1.00. The van der Waals surface area contributed by atoms with Crippen molar-refractivity contribution in [2.24, 2.45) is 5.92 Å². The third-order valence-corrected chi connectivity index (χ3v) is 4.60. The van der Waals surface area contributed by atoms with Crippen LogP contribution in [0.3, 0.4) is 0 Å². The van der Waals surface area contributed by atoms with Crippen molar-refractivity contribution in [1.29, 1.82) is 0 Å². The second-order valence-electron chi connectivity index (χ2n) is 4.24. The van der Waals surface area contributed by atoms with E-state index < -0.39 is 0 Å². The summed E-state index contributed by atoms with van der Waals surface area (Å²) in [4.78, 5) is 0. The summed E-state index contributed by atoms with van der Waals surface area (Å²) in [6.45, 7) is 6.90. The maximum Gasteiger partial charge on any atom is 0.0336 e. The van der Waals surface area contributed by atoms with Crippen LogP contribution in [-0.2, 0) is 0 Å². The molecule has 0 aromatic rings. The Balaban J connectivity index is 2.57. The van der Waals surface area contributed by atoms with E-state index in [1.807, 2.05) is 0 Å². The predicted molar refractivity (Wildman–Crippen MR) is 72.7 cm³/mol. The van der Waals surface area contributed by atoms with Crippen LogP contribution in [0.1, 0.15) is 26.7 Å². The predicted octanol–water partition coefficient (Wildman–Crippen LogP) is 2.27. The van der Waals surface area contributed by atoms with Gasteiger partial charge in [0.05, 0.1) is 0 Å². The molecule has 0 spiro atoms. The minimum Gasteiger partial charge on any atom is -0.255 e. The molecule has 78 valence electrons. The van der Waals surface area contributed by atoms with Crippen molar-refractivity contribution in [2.75, 3.05) is 13.1 Å². The van der Waals surface area contributed by atoms with Gasteiger partial charge in [0.15, 0.2) is 0 Å². The summed E-state index contributed by atoms with van der Waals surface area (Å²) in [7, 11) is 0. The Morgan fingerprint density at radius 3 is 2.69 bits per heavy atom. The summed E-state index contributed by atoms with van der Waals surface area (Å²) < 4.78 is 6.62. The summed E-state index contributed by atoms with van der Waals surface area (Å²) in [5.74, 6) is 0.747. The van der Waals surface area contributed by atoms with Crippen LogP contribution in [0, 0.1) is 5.92 Å². The standard InChI is InChI=1S/C8H17I2N3/c1-7-5-8(2,11-9)3-4-13(6-7)12-10/h7,11-12H,3-6H2,1-2H3. The lowest BCUT2D eigenvalue weighted by molar-refractivity contribution is 0.244. The molecule has 0 saturated carbocycles. The first-order valence-electron chi connectivity index (χ1n) is 4.58. The molecular weight excluding hydrogens is 392 g/mol. The molecule has 2 unspecified atom stereocenters. The summed E-state index contributed by atoms with van der Waals surface area (Å²) in [5, 5.41) is 2.30. The molecule has 1 aliphatic rings. The molecule has 0 amide bonds. The van der Waals surface area contributed by atoms with Crippen LogP contribution in [0.4, 0.5) is 0 Å². The van der Waals surface area contributed by atoms with Gasteiger partial charge >= 0.3 is 0 Å². The van der Waals surface area contributed by atoms with Crippen LogP contribution in [0.5, 0.6) is 0 Å². The molecule has 2 atom stereocenters. The molecule has 1 rings (SSSR count). The Morgan fingerprint density at radius 2 is 2.15 bits per heavy atom. The number of nitrogens with one attached hydrogen (secondary N) is 2. The van der Waals surface area contributed by atoms with E-state index in [0.717, 1.165) is 19.0 Å². The maximum absolute atomic E-state index is 3.41. The van der Waals surface area contributed by atoms with Crippen LogP contribution in [0.2, 0.25) is 0 Å². The van der Waals surface area contributed by atoms with Crippen molar-refractivity contribution >= 4 is 45.7 Å². The molecular formula is C8H17I2N3. The highest BCUT2D eigenvalue weighted by Crippen LogP contribution is 2.25. The Hall–Kier alpha value is 1.34. The number of rotatable bonds is 2. The summed E-state index contributed by atoms with van der Waals surface area (Å²) in [5.41, 5.74) is 0.308. The molecule has 0 aromatic heterocycles. The van der Waals surface area contributed by atoms with Gasteiger partial charge in [0.1, 0.15) is 0 Å². The molecule has 1 aliphatic heterocycles. The largest absolute Gasteiger partial charge is 0.255 e. The van der Waals surface area contributed by atoms with Crippen LogP contribution in [-0.4, -0.2) is 23.6 Å². The van der Waals surface area contributed by atoms with E-state index >= 15 is 0 Å². The monoisotopic (exact) mass is 409 g/mol. The highest BCUT2D eigenvalue weighted by molar-refractivity contribution is 14.1. The minimum absolute atomic E-state index is 0.308. The molecule has 2 N–H and O–H groups in total. The third kappa shape index (κ3) is 3.77. The lowest BCUT2D eigenvalue weighted by atomic mass is 9.90. The molecule has 13 heavy (non-hydrogen) atoms. The summed E-state index contributed by atoms with van der Waals surface area (Å²) in [6, 6.07) is 0. The first-order chi connectivity index (χ1) is 6.09. The Kier molecular flexibility index (Phi) is 5.18. The van der Waals surface area contributed by atoms with Gasteiger partial charge in [-0.3, -0.25) is 3.53 Å². The van der Waals surface area contributed by atoms with Gasteiger partial charge in [0.2, 0.25) is 0 Å². The zero-order chi connectivity index (χ0) is 9.90. The fourth-order valence-corrected chi connectivity index (χ4v) is 2.88. The van der Waals surface area contributed by atoms with Crippen LogP contribution in [0.25, 0.3) is 0 Å². The van der Waals surface area contributed by atoms with Crippen molar-refractivity contribution < 1.29 is 0 Å². The normalized spacial score (nSPS) is 37.4. The third-order valence-electron chi connectivity index (χ3n) is 2.61. The average molecular weight is 409 g/mol. The van der Waals surface area contributed by atoms with E-state index in [1.54, 1.807) is 0 Å². The number of hydrogen-bond acceptors (Lipinski definition) is 3. The molecule has 0 bridgehead atoms. The number of halogens is 2. The van der Waals surface area contributed by atoms with Gasteiger partial charge < -0.3 is 0 Å². The molecule has 0 aliphatic carbocycles. The van der Waals surface area contributed by atoms with E-state index in [-0.39, 0.29) is 0 Å². The zero-order valence-electron chi connectivity index (χ0n) is 8.11. The second-order valence-corrected chi connectivity index (χ2v) is 5.27. The van der Waals surface area contributed by atoms with Gasteiger partial charge in [-0.25, -0.2) is 5.01 Å². The Morgan fingerprint density at radius 1 is 1.46 bits per heavy atom. The molecule has 1 saturated heterocycles. The summed E-state index contributed by atoms with van der Waals surface area (Å²) >= 11 is 4.49. The summed E-state index contributed by atoms with van der Waals surface area (Å²) in [6.07, 6.45) is 2.46. The van der Waals surface area contributed by atoms with Crippen molar-refractivity contribution in [1.82, 2.24) is 12.2 Å². The molecule has 1 heterocycles. The van der Waals surface area contributed by atoms with Crippen molar-refractivity contribution in [2.45, 2.75) is 32.2 Å². The first kappa shape index (κ1) is 12.4. The minimum atomic E-state index is 0.308. The van der Waals surface area contributed by atoms with E-state index in [4.69, 9.17) is 0 Å². The Bertz CT molecular complexity index is 167.